The molecule has 0 saturated heterocycles. The van der Waals surface area contributed by atoms with Crippen LogP contribution in [0.1, 0.15) is 10.5 Å². The number of hydrogen-bond acceptors (Lipinski definition) is 4. The van der Waals surface area contributed by atoms with E-state index in [0.717, 1.165) is 10.9 Å². The van der Waals surface area contributed by atoms with Gasteiger partial charge in [-0.3, -0.25) is 9.59 Å². The van der Waals surface area contributed by atoms with Crippen LogP contribution in [-0.2, 0) is 18.4 Å². The second-order valence-electron chi connectivity index (χ2n) is 5.92. The molecule has 0 radical (unpaired) electrons. The first kappa shape index (κ1) is 15.8. The minimum Gasteiger partial charge on any atom is -0.480 e. The highest BCUT2D eigenvalue weighted by Crippen LogP contribution is 2.25. The summed E-state index contributed by atoms with van der Waals surface area (Å²) in [6.45, 7) is -0.141. The van der Waals surface area contributed by atoms with Crippen molar-refractivity contribution in [1.82, 2.24) is 19.1 Å². The Morgan fingerprint density at radius 3 is 2.73 bits per heavy atom. The van der Waals surface area contributed by atoms with Crippen LogP contribution in [0.4, 0.5) is 5.69 Å². The molecule has 130 valence electrons. The second-order valence-corrected chi connectivity index (χ2v) is 5.92. The Hall–Kier alpha value is -3.68. The van der Waals surface area contributed by atoms with Crippen molar-refractivity contribution in [2.75, 3.05) is 5.32 Å². The fourth-order valence-corrected chi connectivity index (χ4v) is 3.06. The zero-order valence-corrected chi connectivity index (χ0v) is 13.9. The molecule has 1 aromatic carbocycles. The molecule has 0 saturated carbocycles. The van der Waals surface area contributed by atoms with Gasteiger partial charge in [0.05, 0.1) is 16.6 Å². The SMILES string of the molecule is Cn1ccc2c(C(=O)Nc3cccc4c3ccn4CC(=O)O)ncnc21. The predicted molar refractivity (Wildman–Crippen MR) is 96.0 cm³/mol. The van der Waals surface area contributed by atoms with Gasteiger partial charge in [-0.1, -0.05) is 6.07 Å². The van der Waals surface area contributed by atoms with Crippen LogP contribution in [0.2, 0.25) is 0 Å². The number of fused-ring (bicyclic) bond motifs is 2. The predicted octanol–water partition coefficient (Wildman–Crippen LogP) is 2.26. The molecule has 0 bridgehead atoms. The number of carboxylic acid groups (broad SMARTS) is 1. The van der Waals surface area contributed by atoms with Crippen LogP contribution in [0.3, 0.4) is 0 Å². The largest absolute Gasteiger partial charge is 0.480 e. The minimum atomic E-state index is -0.926. The molecule has 4 aromatic rings. The maximum atomic E-state index is 12.8. The molecule has 8 heteroatoms. The lowest BCUT2D eigenvalue weighted by atomic mass is 10.2. The first-order chi connectivity index (χ1) is 12.5. The summed E-state index contributed by atoms with van der Waals surface area (Å²) in [6, 6.07) is 8.94. The molecule has 0 aliphatic carbocycles. The molecule has 0 fully saturated rings. The lowest BCUT2D eigenvalue weighted by molar-refractivity contribution is -0.137. The molecule has 0 aliphatic heterocycles. The third-order valence-electron chi connectivity index (χ3n) is 4.24. The Kier molecular flexibility index (Phi) is 3.65. The van der Waals surface area contributed by atoms with E-state index in [2.05, 4.69) is 15.3 Å². The number of benzene rings is 1. The summed E-state index contributed by atoms with van der Waals surface area (Å²) in [6.07, 6.45) is 4.87. The molecule has 0 spiro atoms. The Labute approximate surface area is 147 Å². The molecule has 2 N–H and O–H groups in total. The summed E-state index contributed by atoms with van der Waals surface area (Å²) in [5, 5.41) is 13.3. The first-order valence-electron chi connectivity index (χ1n) is 7.91. The number of aryl methyl sites for hydroxylation is 1. The topological polar surface area (TPSA) is 102 Å². The lowest BCUT2D eigenvalue weighted by Gasteiger charge is -2.08. The average molecular weight is 349 g/mol. The molecule has 8 nitrogen and oxygen atoms in total. The van der Waals surface area contributed by atoms with Crippen molar-refractivity contribution in [2.24, 2.45) is 7.05 Å². The number of amides is 1. The zero-order chi connectivity index (χ0) is 18.3. The Morgan fingerprint density at radius 2 is 1.92 bits per heavy atom. The van der Waals surface area contributed by atoms with Crippen LogP contribution in [0.15, 0.2) is 49.1 Å². The van der Waals surface area contributed by atoms with Gasteiger partial charge in [-0.2, -0.15) is 0 Å². The molecule has 0 aliphatic rings. The van der Waals surface area contributed by atoms with Crippen LogP contribution < -0.4 is 5.32 Å². The third-order valence-corrected chi connectivity index (χ3v) is 4.24. The number of carbonyl (C=O) groups is 2. The van der Waals surface area contributed by atoms with Crippen molar-refractivity contribution >= 4 is 39.5 Å². The quantitative estimate of drug-likeness (QED) is 0.588. The Balaban J connectivity index is 1.71. The van der Waals surface area contributed by atoms with Crippen molar-refractivity contribution in [1.29, 1.82) is 0 Å². The number of aromatic nitrogens is 4. The summed E-state index contributed by atoms with van der Waals surface area (Å²) in [7, 11) is 1.85. The van der Waals surface area contributed by atoms with Gasteiger partial charge in [-0.15, -0.1) is 0 Å². The monoisotopic (exact) mass is 349 g/mol. The molecule has 3 aromatic heterocycles. The van der Waals surface area contributed by atoms with Gasteiger partial charge in [0.15, 0.2) is 0 Å². The molecule has 3 heterocycles. The van der Waals surface area contributed by atoms with Crippen molar-refractivity contribution in [3.05, 3.63) is 54.7 Å². The summed E-state index contributed by atoms with van der Waals surface area (Å²) in [5.41, 5.74) is 2.30. The fraction of sp³-hybridized carbons (Fsp3) is 0.111. The van der Waals surface area contributed by atoms with E-state index in [4.69, 9.17) is 5.11 Å². The normalized spacial score (nSPS) is 11.1. The highest BCUT2D eigenvalue weighted by Gasteiger charge is 2.16. The van der Waals surface area contributed by atoms with Gasteiger partial charge in [0.25, 0.3) is 5.91 Å². The van der Waals surface area contributed by atoms with Gasteiger partial charge < -0.3 is 19.6 Å². The van der Waals surface area contributed by atoms with Crippen molar-refractivity contribution in [2.45, 2.75) is 6.54 Å². The number of aliphatic carboxylic acids is 1. The number of carbonyl (C=O) groups excluding carboxylic acids is 1. The molecule has 0 unspecified atom stereocenters. The van der Waals surface area contributed by atoms with Crippen LogP contribution in [0.25, 0.3) is 21.9 Å². The smallest absolute Gasteiger partial charge is 0.323 e. The number of nitrogens with one attached hydrogen (secondary N) is 1. The molecular weight excluding hydrogens is 334 g/mol. The van der Waals surface area contributed by atoms with E-state index in [1.165, 1.54) is 6.33 Å². The van der Waals surface area contributed by atoms with Crippen LogP contribution in [-0.4, -0.2) is 36.1 Å². The van der Waals surface area contributed by atoms with E-state index in [-0.39, 0.29) is 18.1 Å². The first-order valence-corrected chi connectivity index (χ1v) is 7.91. The lowest BCUT2D eigenvalue weighted by Crippen LogP contribution is -2.14. The summed E-state index contributed by atoms with van der Waals surface area (Å²) in [5.74, 6) is -1.27. The van der Waals surface area contributed by atoms with E-state index in [9.17, 15) is 9.59 Å². The van der Waals surface area contributed by atoms with Crippen LogP contribution in [0.5, 0.6) is 0 Å². The van der Waals surface area contributed by atoms with E-state index < -0.39 is 5.97 Å². The maximum absolute atomic E-state index is 12.8. The van der Waals surface area contributed by atoms with Gasteiger partial charge in [0.1, 0.15) is 24.2 Å². The highest BCUT2D eigenvalue weighted by atomic mass is 16.4. The fourth-order valence-electron chi connectivity index (χ4n) is 3.06. The molecule has 1 amide bonds. The molecular formula is C18H15N5O3. The molecule has 0 atom stereocenters. The van der Waals surface area contributed by atoms with Crippen LogP contribution in [0, 0.1) is 0 Å². The number of nitrogens with zero attached hydrogens (tertiary/aromatic N) is 4. The van der Waals surface area contributed by atoms with E-state index >= 15 is 0 Å². The zero-order valence-electron chi connectivity index (χ0n) is 13.9. The highest BCUT2D eigenvalue weighted by molar-refractivity contribution is 6.13. The van der Waals surface area contributed by atoms with Gasteiger partial charge >= 0.3 is 5.97 Å². The number of carboxylic acids is 1. The standard InChI is InChI=1S/C18H15N5O3/c1-22-7-5-12-16(19-10-20-17(12)22)18(26)21-13-3-2-4-14-11(13)6-8-23(14)9-15(24)25/h2-8,10H,9H2,1H3,(H,21,26)(H,24,25). The van der Waals surface area contributed by atoms with Crippen molar-refractivity contribution in [3.8, 4) is 0 Å². The van der Waals surface area contributed by atoms with Gasteiger partial charge in [-0.25, -0.2) is 9.97 Å². The van der Waals surface area contributed by atoms with Gasteiger partial charge in [0, 0.05) is 24.8 Å². The summed E-state index contributed by atoms with van der Waals surface area (Å²) in [4.78, 5) is 32.0. The third kappa shape index (κ3) is 2.57. The maximum Gasteiger partial charge on any atom is 0.323 e. The Morgan fingerprint density at radius 1 is 1.12 bits per heavy atom. The van der Waals surface area contributed by atoms with Gasteiger partial charge in [0.2, 0.25) is 0 Å². The number of anilines is 1. The van der Waals surface area contributed by atoms with E-state index in [1.54, 1.807) is 35.0 Å². The minimum absolute atomic E-state index is 0.141. The second kappa shape index (κ2) is 5.99. The van der Waals surface area contributed by atoms with Crippen molar-refractivity contribution in [3.63, 3.8) is 0 Å². The van der Waals surface area contributed by atoms with Gasteiger partial charge in [-0.05, 0) is 24.3 Å². The number of rotatable bonds is 4. The van der Waals surface area contributed by atoms with Crippen LogP contribution >= 0.6 is 0 Å². The summed E-state index contributed by atoms with van der Waals surface area (Å²) >= 11 is 0. The van der Waals surface area contributed by atoms with E-state index in [0.29, 0.717) is 16.7 Å². The number of hydrogen-bond donors (Lipinski definition) is 2. The Bertz CT molecular complexity index is 1160. The van der Waals surface area contributed by atoms with Crippen molar-refractivity contribution < 1.29 is 14.7 Å². The summed E-state index contributed by atoms with van der Waals surface area (Å²) < 4.78 is 3.44. The average Bonchev–Trinajstić information content (AvgIpc) is 3.19. The molecule has 26 heavy (non-hydrogen) atoms. The van der Waals surface area contributed by atoms with E-state index in [1.807, 2.05) is 23.9 Å². The molecule has 4 rings (SSSR count).